The van der Waals surface area contributed by atoms with E-state index in [1.54, 1.807) is 6.20 Å². The van der Waals surface area contributed by atoms with Crippen molar-refractivity contribution in [3.05, 3.63) is 24.5 Å². The first kappa shape index (κ1) is 7.59. The molecule has 0 radical (unpaired) electrons. The van der Waals surface area contributed by atoms with Crippen LogP contribution in [0.1, 0.15) is 0 Å². The molecule has 2 nitrogen and oxygen atoms in total. The Hall–Kier alpha value is -0.518. The van der Waals surface area contributed by atoms with Crippen LogP contribution >= 0.6 is 0 Å². The molecule has 0 aliphatic rings. The van der Waals surface area contributed by atoms with Crippen molar-refractivity contribution in [3.8, 4) is 0 Å². The Morgan fingerprint density at radius 2 is 2.30 bits per heavy atom. The van der Waals surface area contributed by atoms with Crippen molar-refractivity contribution in [2.45, 2.75) is 11.6 Å². The number of hydrogen-bond donors (Lipinski definition) is 1. The van der Waals surface area contributed by atoms with Crippen LogP contribution in [0.2, 0.25) is 11.6 Å². The number of rotatable bonds is 2. The summed E-state index contributed by atoms with van der Waals surface area (Å²) in [7, 11) is 0. The van der Waals surface area contributed by atoms with E-state index in [-0.39, 0.29) is 0 Å². The van der Waals surface area contributed by atoms with Crippen LogP contribution < -0.4 is 4.30 Å². The second-order valence-corrected chi connectivity index (χ2v) is 5.14. The molecule has 1 aromatic heterocycles. The lowest BCUT2D eigenvalue weighted by molar-refractivity contribution is 1.33. The first-order chi connectivity index (χ1) is 4.79. The lowest BCUT2D eigenvalue weighted by Crippen LogP contribution is -2.14. The summed E-state index contributed by atoms with van der Waals surface area (Å²) in [5, 5.41) is 0. The zero-order chi connectivity index (χ0) is 7.40. The summed E-state index contributed by atoms with van der Waals surface area (Å²) in [6.45, 7) is 0. The van der Waals surface area contributed by atoms with Gasteiger partial charge in [0.15, 0.2) is 0 Å². The maximum Gasteiger partial charge on any atom is 0.404 e. The molecule has 1 heterocycles. The standard InChI is InChI=1S/C5H5N2.2CH3.Al/c6-5-2-1-3-7-4-5;;;/h1-4,6H;2*1H3;/q-1;;;+1. The van der Waals surface area contributed by atoms with E-state index in [1.165, 1.54) is 0 Å². The molecule has 10 heavy (non-hydrogen) atoms. The Bertz CT molecular complexity index is 186. The predicted octanol–water partition coefficient (Wildman–Crippen LogP) is 1.74. The summed E-state index contributed by atoms with van der Waals surface area (Å²) in [4.78, 5) is 4.00. The summed E-state index contributed by atoms with van der Waals surface area (Å²) >= 11 is -0.687. The van der Waals surface area contributed by atoms with Crippen molar-refractivity contribution in [1.29, 1.82) is 0 Å². The molecule has 0 fully saturated rings. The van der Waals surface area contributed by atoms with Gasteiger partial charge >= 0.3 is 14.4 Å². The summed E-state index contributed by atoms with van der Waals surface area (Å²) in [6, 6.07) is 3.99. The van der Waals surface area contributed by atoms with E-state index in [4.69, 9.17) is 0 Å². The Labute approximate surface area is 65.9 Å². The van der Waals surface area contributed by atoms with Gasteiger partial charge in [-0.2, -0.15) is 0 Å². The van der Waals surface area contributed by atoms with E-state index in [1.807, 2.05) is 18.3 Å². The van der Waals surface area contributed by atoms with Crippen LogP contribution in [0.15, 0.2) is 24.5 Å². The second kappa shape index (κ2) is 3.60. The maximum atomic E-state index is 4.00. The number of pyridine rings is 1. The van der Waals surface area contributed by atoms with Crippen LogP contribution in [-0.2, 0) is 0 Å². The van der Waals surface area contributed by atoms with Gasteiger partial charge in [-0.1, -0.05) is 11.6 Å². The van der Waals surface area contributed by atoms with Gasteiger partial charge in [-0.3, -0.25) is 4.98 Å². The van der Waals surface area contributed by atoms with Gasteiger partial charge in [0.05, 0.1) is 0 Å². The molecule has 0 aromatic carbocycles. The minimum Gasteiger partial charge on any atom is -0.475 e. The van der Waals surface area contributed by atoms with Gasteiger partial charge in [-0.25, -0.2) is 0 Å². The van der Waals surface area contributed by atoms with Gasteiger partial charge in [0, 0.05) is 18.1 Å². The summed E-state index contributed by atoms with van der Waals surface area (Å²) in [5.74, 6) is 4.49. The third kappa shape index (κ3) is 2.38. The fraction of sp³-hybridized carbons (Fsp3) is 0.286. The molecule has 0 spiro atoms. The number of nitrogens with zero attached hydrogens (tertiary/aromatic N) is 1. The van der Waals surface area contributed by atoms with Crippen molar-refractivity contribution in [2.75, 3.05) is 4.30 Å². The van der Waals surface area contributed by atoms with E-state index >= 15 is 0 Å². The fourth-order valence-corrected chi connectivity index (χ4v) is 1.62. The lowest BCUT2D eigenvalue weighted by Gasteiger charge is -2.03. The normalized spacial score (nSPS) is 9.00. The summed E-state index contributed by atoms with van der Waals surface area (Å²) < 4.78 is 3.38. The van der Waals surface area contributed by atoms with Crippen LogP contribution in [0, 0.1) is 0 Å². The van der Waals surface area contributed by atoms with E-state index in [9.17, 15) is 0 Å². The molecule has 0 unspecified atom stereocenters. The number of aromatic nitrogens is 1. The molecule has 1 aromatic rings. The highest BCUT2D eigenvalue weighted by Crippen LogP contribution is 2.02. The monoisotopic (exact) mass is 150 g/mol. The molecule has 1 N–H and O–H groups in total. The first-order valence-electron chi connectivity index (χ1n) is 3.45. The molecule has 3 heteroatoms. The molecule has 0 saturated carbocycles. The zero-order valence-electron chi connectivity index (χ0n) is 6.33. The van der Waals surface area contributed by atoms with Crippen LogP contribution in [0.3, 0.4) is 0 Å². The number of hydrogen-bond acceptors (Lipinski definition) is 2. The molecule has 0 bridgehead atoms. The highest BCUT2D eigenvalue weighted by molar-refractivity contribution is 6.59. The minimum atomic E-state index is -0.687. The number of anilines is 1. The topological polar surface area (TPSA) is 24.9 Å². The summed E-state index contributed by atoms with van der Waals surface area (Å²) in [5.41, 5.74) is 1.14. The molecular formula is C7H11AlN2. The smallest absolute Gasteiger partial charge is 0.404 e. The molecule has 0 saturated heterocycles. The second-order valence-electron chi connectivity index (χ2n) is 2.54. The molecule has 0 atom stereocenters. The van der Waals surface area contributed by atoms with Gasteiger partial charge in [0.1, 0.15) is 0 Å². The van der Waals surface area contributed by atoms with Crippen molar-refractivity contribution < 1.29 is 0 Å². The third-order valence-electron chi connectivity index (χ3n) is 1.12. The van der Waals surface area contributed by atoms with Gasteiger partial charge in [-0.15, -0.1) is 0 Å². The zero-order valence-corrected chi connectivity index (χ0v) is 7.49. The van der Waals surface area contributed by atoms with Gasteiger partial charge in [-0.05, 0) is 12.1 Å². The summed E-state index contributed by atoms with van der Waals surface area (Å²) in [6.07, 6.45) is 3.64. The maximum absolute atomic E-state index is 4.00. The van der Waals surface area contributed by atoms with E-state index in [0.717, 1.165) is 5.69 Å². The Balaban J connectivity index is 2.59. The molecule has 52 valence electrons. The van der Waals surface area contributed by atoms with Crippen molar-refractivity contribution in [2.24, 2.45) is 0 Å². The number of nitrogens with one attached hydrogen (secondary N) is 1. The Morgan fingerprint density at radius 3 is 2.80 bits per heavy atom. The Kier molecular flexibility index (Phi) is 2.73. The van der Waals surface area contributed by atoms with Gasteiger partial charge in [0.25, 0.3) is 0 Å². The van der Waals surface area contributed by atoms with Crippen molar-refractivity contribution in [3.63, 3.8) is 0 Å². The van der Waals surface area contributed by atoms with E-state index < -0.39 is 14.4 Å². The minimum absolute atomic E-state index is 0.687. The average Bonchev–Trinajstić information content (AvgIpc) is 1.88. The van der Waals surface area contributed by atoms with Crippen LogP contribution in [0.5, 0.6) is 0 Å². The SMILES string of the molecule is [CH3][Al]([CH3])[NH]c1cccnc1. The van der Waals surface area contributed by atoms with Crippen LogP contribution in [-0.4, -0.2) is 19.4 Å². The highest BCUT2D eigenvalue weighted by Gasteiger charge is 2.00. The molecule has 1 rings (SSSR count). The van der Waals surface area contributed by atoms with Gasteiger partial charge < -0.3 is 4.30 Å². The molecule has 0 amide bonds. The third-order valence-corrected chi connectivity index (χ3v) is 2.03. The van der Waals surface area contributed by atoms with Crippen molar-refractivity contribution in [1.82, 2.24) is 4.98 Å². The van der Waals surface area contributed by atoms with E-state index in [0.29, 0.717) is 0 Å². The molecule has 0 aliphatic carbocycles. The molecule has 0 aliphatic heterocycles. The van der Waals surface area contributed by atoms with Crippen LogP contribution in [0.4, 0.5) is 5.69 Å². The first-order valence-corrected chi connectivity index (χ1v) is 6.34. The van der Waals surface area contributed by atoms with Crippen LogP contribution in [0.25, 0.3) is 0 Å². The average molecular weight is 150 g/mol. The Morgan fingerprint density at radius 1 is 1.50 bits per heavy atom. The lowest BCUT2D eigenvalue weighted by atomic mass is 10.4. The van der Waals surface area contributed by atoms with Crippen molar-refractivity contribution >= 4 is 20.1 Å². The van der Waals surface area contributed by atoms with E-state index in [2.05, 4.69) is 20.9 Å². The quantitative estimate of drug-likeness (QED) is 0.649. The molecular weight excluding hydrogens is 139 g/mol. The van der Waals surface area contributed by atoms with Gasteiger partial charge in [0.2, 0.25) is 0 Å². The highest BCUT2D eigenvalue weighted by atomic mass is 27.2. The fourth-order valence-electron chi connectivity index (χ4n) is 0.781. The predicted molar refractivity (Wildman–Crippen MR) is 45.3 cm³/mol. The largest absolute Gasteiger partial charge is 0.475 e.